The van der Waals surface area contributed by atoms with E-state index in [9.17, 15) is 4.39 Å². The molecule has 0 spiro atoms. The largest absolute Gasteiger partial charge is 0.365 e. The first-order valence-corrected chi connectivity index (χ1v) is 9.92. The predicted molar refractivity (Wildman–Crippen MR) is 112 cm³/mol. The van der Waals surface area contributed by atoms with Crippen molar-refractivity contribution in [2.45, 2.75) is 57.7 Å². The first kappa shape index (κ1) is 20.0. The van der Waals surface area contributed by atoms with Crippen molar-refractivity contribution in [2.75, 3.05) is 17.7 Å². The molecule has 7 heteroatoms. The first-order chi connectivity index (χ1) is 12.6. The first-order valence-electron chi connectivity index (χ1n) is 9.12. The van der Waals surface area contributed by atoms with E-state index in [0.29, 0.717) is 5.95 Å². The van der Waals surface area contributed by atoms with Gasteiger partial charge in [-0.25, -0.2) is 9.37 Å². The van der Waals surface area contributed by atoms with E-state index in [1.807, 2.05) is 24.3 Å². The monoisotopic (exact) mass is 435 g/mol. The van der Waals surface area contributed by atoms with Gasteiger partial charge in [-0.2, -0.15) is 4.98 Å². The summed E-state index contributed by atoms with van der Waals surface area (Å²) in [6.07, 6.45) is 3.03. The number of hydrogen-bond acceptors (Lipinski definition) is 5. The number of benzene rings is 1. The zero-order valence-electron chi connectivity index (χ0n) is 16.5. The lowest BCUT2D eigenvalue weighted by Gasteiger charge is -2.53. The molecule has 0 radical (unpaired) electrons. The maximum atomic E-state index is 14.3. The number of likely N-dealkylation sites (tertiary alicyclic amines) is 1. The molecule has 0 bridgehead atoms. The molecule has 1 aromatic carbocycles. The van der Waals surface area contributed by atoms with Crippen molar-refractivity contribution in [1.29, 1.82) is 0 Å². The molecule has 1 fully saturated rings. The highest BCUT2D eigenvalue weighted by molar-refractivity contribution is 9.10. The summed E-state index contributed by atoms with van der Waals surface area (Å²) < 4.78 is 15.3. The summed E-state index contributed by atoms with van der Waals surface area (Å²) >= 11 is 3.41. The summed E-state index contributed by atoms with van der Waals surface area (Å²) in [4.78, 5) is 10.8. The lowest BCUT2D eigenvalue weighted by molar-refractivity contribution is -0.00778. The normalized spacial score (nSPS) is 19.7. The van der Waals surface area contributed by atoms with Crippen LogP contribution in [0.4, 0.5) is 21.8 Å². The molecule has 1 saturated heterocycles. The summed E-state index contributed by atoms with van der Waals surface area (Å²) in [5.74, 6) is 0.171. The summed E-state index contributed by atoms with van der Waals surface area (Å²) in [6, 6.07) is 7.80. The topological polar surface area (TPSA) is 53.1 Å². The van der Waals surface area contributed by atoms with E-state index in [1.165, 1.54) is 6.20 Å². The number of anilines is 3. The van der Waals surface area contributed by atoms with Crippen LogP contribution in [0.1, 0.15) is 40.5 Å². The van der Waals surface area contributed by atoms with Crippen LogP contribution in [-0.4, -0.2) is 39.0 Å². The fraction of sp³-hybridized carbons (Fsp3) is 0.500. The molecule has 146 valence electrons. The van der Waals surface area contributed by atoms with Gasteiger partial charge in [0.25, 0.3) is 0 Å². The molecule has 0 atom stereocenters. The lowest BCUT2D eigenvalue weighted by Crippen LogP contribution is -2.61. The van der Waals surface area contributed by atoms with Gasteiger partial charge in [-0.3, -0.25) is 4.90 Å². The minimum atomic E-state index is -0.439. The molecule has 2 N–H and O–H groups in total. The van der Waals surface area contributed by atoms with Crippen LogP contribution in [0.15, 0.2) is 34.9 Å². The van der Waals surface area contributed by atoms with Gasteiger partial charge in [0.15, 0.2) is 11.6 Å². The zero-order valence-corrected chi connectivity index (χ0v) is 18.1. The van der Waals surface area contributed by atoms with E-state index in [4.69, 9.17) is 0 Å². The molecule has 0 saturated carbocycles. The van der Waals surface area contributed by atoms with Gasteiger partial charge in [0.2, 0.25) is 5.95 Å². The molecule has 2 heterocycles. The highest BCUT2D eigenvalue weighted by Gasteiger charge is 2.43. The van der Waals surface area contributed by atoms with Crippen molar-refractivity contribution in [2.24, 2.45) is 0 Å². The summed E-state index contributed by atoms with van der Waals surface area (Å²) in [5, 5.41) is 6.43. The number of nitrogens with zero attached hydrogens (tertiary/aromatic N) is 3. The summed E-state index contributed by atoms with van der Waals surface area (Å²) in [7, 11) is 2.15. The van der Waals surface area contributed by atoms with E-state index in [2.05, 4.69) is 76.2 Å². The Balaban J connectivity index is 1.77. The second kappa shape index (κ2) is 7.36. The van der Waals surface area contributed by atoms with E-state index >= 15 is 0 Å². The Labute approximate surface area is 168 Å². The molecule has 5 nitrogen and oxygen atoms in total. The number of nitrogens with one attached hydrogen (secondary N) is 2. The number of halogens is 2. The number of rotatable bonds is 4. The fourth-order valence-electron chi connectivity index (χ4n) is 3.86. The average Bonchev–Trinajstić information content (AvgIpc) is 2.57. The molecule has 3 rings (SSSR count). The smallest absolute Gasteiger partial charge is 0.229 e. The van der Waals surface area contributed by atoms with Crippen molar-refractivity contribution in [3.05, 3.63) is 40.8 Å². The molecular formula is C20H27BrFN5. The van der Waals surface area contributed by atoms with Gasteiger partial charge in [0.05, 0.1) is 6.20 Å². The Morgan fingerprint density at radius 1 is 1.11 bits per heavy atom. The second-order valence-electron chi connectivity index (χ2n) is 8.46. The van der Waals surface area contributed by atoms with Gasteiger partial charge in [0.1, 0.15) is 0 Å². The van der Waals surface area contributed by atoms with Gasteiger partial charge in [-0.05, 0) is 71.8 Å². The second-order valence-corrected chi connectivity index (χ2v) is 9.37. The molecular weight excluding hydrogens is 409 g/mol. The van der Waals surface area contributed by atoms with Crippen molar-refractivity contribution in [3.8, 4) is 0 Å². The van der Waals surface area contributed by atoms with Crippen molar-refractivity contribution >= 4 is 33.4 Å². The van der Waals surface area contributed by atoms with Crippen LogP contribution < -0.4 is 10.6 Å². The number of aromatic nitrogens is 2. The molecule has 1 aliphatic rings. The molecule has 0 unspecified atom stereocenters. The number of hydrogen-bond donors (Lipinski definition) is 2. The van der Waals surface area contributed by atoms with Gasteiger partial charge >= 0.3 is 0 Å². The Bertz CT molecular complexity index is 789. The maximum Gasteiger partial charge on any atom is 0.229 e. The predicted octanol–water partition coefficient (Wildman–Crippen LogP) is 5.19. The van der Waals surface area contributed by atoms with Gasteiger partial charge in [0, 0.05) is 27.3 Å². The van der Waals surface area contributed by atoms with Gasteiger partial charge < -0.3 is 10.6 Å². The van der Waals surface area contributed by atoms with E-state index in [-0.39, 0.29) is 22.9 Å². The highest BCUT2D eigenvalue weighted by Crippen LogP contribution is 2.38. The molecule has 1 aliphatic heterocycles. The van der Waals surface area contributed by atoms with Crippen molar-refractivity contribution < 1.29 is 4.39 Å². The van der Waals surface area contributed by atoms with Crippen LogP contribution in [0.25, 0.3) is 0 Å². The minimum absolute atomic E-state index is 0.0153. The van der Waals surface area contributed by atoms with Gasteiger partial charge in [-0.15, -0.1) is 0 Å². The fourth-order valence-corrected chi connectivity index (χ4v) is 4.12. The highest BCUT2D eigenvalue weighted by atomic mass is 79.9. The van der Waals surface area contributed by atoms with Crippen molar-refractivity contribution in [1.82, 2.24) is 14.9 Å². The lowest BCUT2D eigenvalue weighted by atomic mass is 9.77. The molecule has 0 amide bonds. The van der Waals surface area contributed by atoms with E-state index < -0.39 is 5.82 Å². The van der Waals surface area contributed by atoms with Gasteiger partial charge in [-0.1, -0.05) is 15.9 Å². The molecule has 0 aliphatic carbocycles. The van der Waals surface area contributed by atoms with Crippen molar-refractivity contribution in [3.63, 3.8) is 0 Å². The third kappa shape index (κ3) is 4.58. The molecule has 1 aromatic heterocycles. The molecule has 2 aromatic rings. The zero-order chi connectivity index (χ0) is 19.8. The average molecular weight is 436 g/mol. The van der Waals surface area contributed by atoms with Crippen LogP contribution in [-0.2, 0) is 0 Å². The minimum Gasteiger partial charge on any atom is -0.365 e. The van der Waals surface area contributed by atoms with Crippen LogP contribution in [0, 0.1) is 5.82 Å². The molecule has 27 heavy (non-hydrogen) atoms. The third-order valence-corrected chi connectivity index (χ3v) is 6.02. The summed E-state index contributed by atoms with van der Waals surface area (Å²) in [6.45, 7) is 8.89. The van der Waals surface area contributed by atoms with E-state index in [1.54, 1.807) is 0 Å². The number of piperidine rings is 1. The Morgan fingerprint density at radius 3 is 2.30 bits per heavy atom. The quantitative estimate of drug-likeness (QED) is 0.692. The Hall–Kier alpha value is -1.73. The SMILES string of the molecule is CN1C(C)(C)CC(Nc2nc(Nc3ccc(Br)cc3)ncc2F)CC1(C)C. The Morgan fingerprint density at radius 2 is 1.70 bits per heavy atom. The van der Waals surface area contributed by atoms with Crippen LogP contribution >= 0.6 is 15.9 Å². The standard InChI is InChI=1S/C20H27BrFN5/c1-19(2)10-15(11-20(3,4)27(19)5)24-17-16(22)12-23-18(26-17)25-14-8-6-13(21)7-9-14/h6-9,12,15H,10-11H2,1-5H3,(H2,23,24,25,26). The summed E-state index contributed by atoms with van der Waals surface area (Å²) in [5.41, 5.74) is 0.875. The maximum absolute atomic E-state index is 14.3. The van der Waals surface area contributed by atoms with Crippen LogP contribution in [0.2, 0.25) is 0 Å². The van der Waals surface area contributed by atoms with Crippen LogP contribution in [0.3, 0.4) is 0 Å². The third-order valence-electron chi connectivity index (χ3n) is 5.49. The van der Waals surface area contributed by atoms with Crippen LogP contribution in [0.5, 0.6) is 0 Å². The van der Waals surface area contributed by atoms with E-state index in [0.717, 1.165) is 23.0 Å². The Kier molecular flexibility index (Phi) is 5.45.